The SMILES string of the molecule is Cc1ccc2c(c1)c1ccccc1n2I. The molecule has 3 rings (SSSR count). The zero-order valence-electron chi connectivity index (χ0n) is 8.37. The van der Waals surface area contributed by atoms with Crippen LogP contribution in [-0.4, -0.2) is 2.78 Å². The number of hydrogen-bond donors (Lipinski definition) is 0. The fourth-order valence-corrected chi connectivity index (χ4v) is 2.88. The highest BCUT2D eigenvalue weighted by molar-refractivity contribution is 14.1. The maximum atomic E-state index is 2.36. The van der Waals surface area contributed by atoms with Crippen LogP contribution >= 0.6 is 22.9 Å². The van der Waals surface area contributed by atoms with Crippen LogP contribution in [-0.2, 0) is 0 Å². The molecule has 15 heavy (non-hydrogen) atoms. The molecule has 1 nitrogen and oxygen atoms in total. The van der Waals surface area contributed by atoms with Crippen LogP contribution in [0, 0.1) is 6.92 Å². The monoisotopic (exact) mass is 307 g/mol. The van der Waals surface area contributed by atoms with Crippen LogP contribution < -0.4 is 0 Å². The molecule has 0 fully saturated rings. The van der Waals surface area contributed by atoms with E-state index in [9.17, 15) is 0 Å². The first-order chi connectivity index (χ1) is 7.27. The van der Waals surface area contributed by atoms with Crippen molar-refractivity contribution in [3.63, 3.8) is 0 Å². The molecule has 1 aromatic heterocycles. The van der Waals surface area contributed by atoms with Gasteiger partial charge in [0.25, 0.3) is 0 Å². The number of aryl methyl sites for hydroxylation is 1. The minimum atomic E-state index is 1.29. The first kappa shape index (κ1) is 9.21. The average Bonchev–Trinajstić information content (AvgIpc) is 2.54. The van der Waals surface area contributed by atoms with Gasteiger partial charge < -0.3 is 0 Å². The highest BCUT2D eigenvalue weighted by Gasteiger charge is 2.07. The molecule has 2 heteroatoms. The summed E-state index contributed by atoms with van der Waals surface area (Å²) in [5, 5.41) is 2.69. The molecule has 0 atom stereocenters. The largest absolute Gasteiger partial charge is 0.282 e. The van der Waals surface area contributed by atoms with Gasteiger partial charge in [0.2, 0.25) is 0 Å². The topological polar surface area (TPSA) is 4.93 Å². The Morgan fingerprint density at radius 3 is 2.53 bits per heavy atom. The Labute approximate surface area is 102 Å². The summed E-state index contributed by atoms with van der Waals surface area (Å²) in [7, 11) is 0. The van der Waals surface area contributed by atoms with E-state index in [4.69, 9.17) is 0 Å². The normalized spacial score (nSPS) is 11.3. The van der Waals surface area contributed by atoms with Gasteiger partial charge in [0.05, 0.1) is 33.9 Å². The summed E-state index contributed by atoms with van der Waals surface area (Å²) in [5.74, 6) is 0. The van der Waals surface area contributed by atoms with Gasteiger partial charge in [0.1, 0.15) is 0 Å². The summed E-state index contributed by atoms with van der Waals surface area (Å²) >= 11 is 2.36. The lowest BCUT2D eigenvalue weighted by Gasteiger charge is -1.95. The molecule has 0 radical (unpaired) electrons. The van der Waals surface area contributed by atoms with E-state index in [1.54, 1.807) is 0 Å². The summed E-state index contributed by atoms with van der Waals surface area (Å²) in [6, 6.07) is 15.1. The molecule has 1 heterocycles. The molecule has 74 valence electrons. The van der Waals surface area contributed by atoms with Gasteiger partial charge in [0.15, 0.2) is 0 Å². The van der Waals surface area contributed by atoms with Gasteiger partial charge in [-0.3, -0.25) is 2.78 Å². The van der Waals surface area contributed by atoms with Crippen molar-refractivity contribution in [1.29, 1.82) is 0 Å². The van der Waals surface area contributed by atoms with Gasteiger partial charge in [-0.15, -0.1) is 0 Å². The molecule has 0 aliphatic heterocycles. The molecule has 0 spiro atoms. The second kappa shape index (κ2) is 3.23. The number of rotatable bonds is 0. The molecule has 0 aliphatic rings. The van der Waals surface area contributed by atoms with E-state index >= 15 is 0 Å². The zero-order valence-corrected chi connectivity index (χ0v) is 10.5. The van der Waals surface area contributed by atoms with Gasteiger partial charge in [0, 0.05) is 10.8 Å². The molecule has 0 saturated heterocycles. The van der Waals surface area contributed by atoms with E-state index in [-0.39, 0.29) is 0 Å². The zero-order chi connectivity index (χ0) is 10.4. The Morgan fingerprint density at radius 1 is 0.933 bits per heavy atom. The molecule has 0 bridgehead atoms. The second-order valence-electron chi connectivity index (χ2n) is 3.82. The Morgan fingerprint density at radius 2 is 1.67 bits per heavy atom. The second-order valence-corrected chi connectivity index (χ2v) is 4.78. The Balaban J connectivity index is 2.64. The van der Waals surface area contributed by atoms with Crippen LogP contribution in [0.15, 0.2) is 42.5 Å². The van der Waals surface area contributed by atoms with Crippen LogP contribution in [0.5, 0.6) is 0 Å². The molecule has 0 aliphatic carbocycles. The predicted octanol–water partition coefficient (Wildman–Crippen LogP) is 4.30. The van der Waals surface area contributed by atoms with Crippen LogP contribution in [0.25, 0.3) is 21.8 Å². The number of hydrogen-bond acceptors (Lipinski definition) is 0. The van der Waals surface area contributed by atoms with Gasteiger partial charge in [-0.25, -0.2) is 0 Å². The first-order valence-electron chi connectivity index (χ1n) is 4.93. The lowest BCUT2D eigenvalue weighted by molar-refractivity contribution is 1.46. The van der Waals surface area contributed by atoms with Gasteiger partial charge in [-0.1, -0.05) is 29.8 Å². The summed E-state index contributed by atoms with van der Waals surface area (Å²) < 4.78 is 2.22. The molecular weight excluding hydrogens is 297 g/mol. The van der Waals surface area contributed by atoms with Crippen LogP contribution in [0.1, 0.15) is 5.56 Å². The Kier molecular flexibility index (Phi) is 1.99. The van der Waals surface area contributed by atoms with E-state index in [2.05, 4.69) is 75.0 Å². The highest BCUT2D eigenvalue weighted by atomic mass is 127. The number of halogens is 1. The number of para-hydroxylation sites is 1. The van der Waals surface area contributed by atoms with Crippen molar-refractivity contribution in [2.75, 3.05) is 0 Å². The fraction of sp³-hybridized carbons (Fsp3) is 0.0769. The maximum Gasteiger partial charge on any atom is 0.0646 e. The highest BCUT2D eigenvalue weighted by Crippen LogP contribution is 2.30. The first-order valence-corrected chi connectivity index (χ1v) is 5.90. The van der Waals surface area contributed by atoms with Gasteiger partial charge in [-0.2, -0.15) is 0 Å². The van der Waals surface area contributed by atoms with E-state index in [1.165, 1.54) is 27.4 Å². The van der Waals surface area contributed by atoms with Gasteiger partial charge in [-0.05, 0) is 25.1 Å². The Bertz CT molecular complexity index is 652. The summed E-state index contributed by atoms with van der Waals surface area (Å²) in [4.78, 5) is 0. The minimum absolute atomic E-state index is 1.29. The molecule has 3 aromatic rings. The predicted molar refractivity (Wildman–Crippen MR) is 73.6 cm³/mol. The van der Waals surface area contributed by atoms with Crippen LogP contribution in [0.2, 0.25) is 0 Å². The average molecular weight is 307 g/mol. The van der Waals surface area contributed by atoms with Crippen molar-refractivity contribution < 1.29 is 0 Å². The van der Waals surface area contributed by atoms with Crippen molar-refractivity contribution in [3.8, 4) is 0 Å². The standard InChI is InChI=1S/C13H10IN/c1-9-6-7-13-11(8-9)10-4-2-3-5-12(10)15(13)14/h2-8H,1H3. The van der Waals surface area contributed by atoms with Crippen LogP contribution in [0.3, 0.4) is 0 Å². The van der Waals surface area contributed by atoms with Crippen molar-refractivity contribution in [3.05, 3.63) is 48.0 Å². The summed E-state index contributed by atoms with van der Waals surface area (Å²) in [5.41, 5.74) is 3.90. The summed E-state index contributed by atoms with van der Waals surface area (Å²) in [6.45, 7) is 2.14. The van der Waals surface area contributed by atoms with Gasteiger partial charge >= 0.3 is 0 Å². The number of benzene rings is 2. The number of fused-ring (bicyclic) bond motifs is 3. The van der Waals surface area contributed by atoms with Crippen molar-refractivity contribution in [1.82, 2.24) is 2.78 Å². The van der Waals surface area contributed by atoms with Crippen molar-refractivity contribution in [2.24, 2.45) is 0 Å². The third kappa shape index (κ3) is 1.28. The molecule has 0 amide bonds. The van der Waals surface area contributed by atoms with E-state index in [0.29, 0.717) is 0 Å². The lowest BCUT2D eigenvalue weighted by Crippen LogP contribution is -1.77. The summed E-state index contributed by atoms with van der Waals surface area (Å²) in [6.07, 6.45) is 0. The molecule has 0 saturated carbocycles. The molecular formula is C13H10IN. The maximum absolute atomic E-state index is 2.36. The van der Waals surface area contributed by atoms with E-state index in [1.807, 2.05) is 0 Å². The smallest absolute Gasteiger partial charge is 0.0646 e. The third-order valence-corrected chi connectivity index (χ3v) is 3.81. The van der Waals surface area contributed by atoms with Crippen molar-refractivity contribution >= 4 is 44.7 Å². The van der Waals surface area contributed by atoms with E-state index < -0.39 is 0 Å². The van der Waals surface area contributed by atoms with E-state index in [0.717, 1.165) is 0 Å². The molecule has 0 N–H and O–H groups in total. The fourth-order valence-electron chi connectivity index (χ4n) is 2.04. The Hall–Kier alpha value is -1.03. The lowest BCUT2D eigenvalue weighted by atomic mass is 10.1. The minimum Gasteiger partial charge on any atom is -0.282 e. The van der Waals surface area contributed by atoms with Crippen molar-refractivity contribution in [2.45, 2.75) is 6.92 Å². The molecule has 0 unspecified atom stereocenters. The number of aromatic nitrogens is 1. The van der Waals surface area contributed by atoms with Crippen LogP contribution in [0.4, 0.5) is 0 Å². The quantitative estimate of drug-likeness (QED) is 0.546. The third-order valence-electron chi connectivity index (χ3n) is 2.77. The number of nitrogens with zero attached hydrogens (tertiary/aromatic N) is 1. The molecule has 2 aromatic carbocycles.